The Balaban J connectivity index is 1.78. The normalized spacial score (nSPS) is 11.1. The van der Waals surface area contributed by atoms with Gasteiger partial charge in [-0.2, -0.15) is 0 Å². The number of thiophene rings is 1. The molecule has 0 bridgehead atoms. The number of nitrogens with one attached hydrogen (secondary N) is 1. The highest BCUT2D eigenvalue weighted by Gasteiger charge is 2.18. The fourth-order valence-corrected chi connectivity index (χ4v) is 4.32. The maximum absolute atomic E-state index is 13.3. The zero-order chi connectivity index (χ0) is 22.3. The van der Waals surface area contributed by atoms with Crippen molar-refractivity contribution in [3.63, 3.8) is 0 Å². The van der Waals surface area contributed by atoms with Crippen LogP contribution in [0, 0.1) is 27.7 Å². The number of hydrogen-bond acceptors (Lipinski definition) is 4. The molecule has 0 aliphatic carbocycles. The lowest BCUT2D eigenvalue weighted by molar-refractivity contribution is -0.116. The molecule has 1 amide bonds. The van der Waals surface area contributed by atoms with Gasteiger partial charge in [0, 0.05) is 5.69 Å². The van der Waals surface area contributed by atoms with Crippen LogP contribution >= 0.6 is 11.3 Å². The van der Waals surface area contributed by atoms with Crippen LogP contribution in [0.4, 0.5) is 5.69 Å². The minimum absolute atomic E-state index is 0.190. The molecule has 0 atom stereocenters. The molecule has 2 heterocycles. The third-order valence-electron chi connectivity index (χ3n) is 5.60. The second-order valence-corrected chi connectivity index (χ2v) is 8.68. The van der Waals surface area contributed by atoms with Crippen LogP contribution in [-0.4, -0.2) is 15.0 Å². The monoisotopic (exact) mass is 433 g/mol. The van der Waals surface area contributed by atoms with Gasteiger partial charge in [0.25, 0.3) is 5.56 Å². The summed E-state index contributed by atoms with van der Waals surface area (Å²) >= 11 is 1.26. The van der Waals surface area contributed by atoms with E-state index in [9.17, 15) is 14.4 Å². The molecular formula is C24H23N3O3S. The van der Waals surface area contributed by atoms with Crippen molar-refractivity contribution < 1.29 is 4.79 Å². The molecule has 2 aromatic carbocycles. The zero-order valence-electron chi connectivity index (χ0n) is 17.9. The lowest BCUT2D eigenvalue weighted by Crippen LogP contribution is -2.40. The van der Waals surface area contributed by atoms with E-state index in [1.807, 2.05) is 58.0 Å². The molecular weight excluding hydrogens is 410 g/mol. The Hall–Kier alpha value is -3.45. The molecule has 0 fully saturated rings. The fraction of sp³-hybridized carbons (Fsp3) is 0.208. The van der Waals surface area contributed by atoms with Crippen molar-refractivity contribution in [1.29, 1.82) is 0 Å². The average molecular weight is 434 g/mol. The van der Waals surface area contributed by atoms with Crippen LogP contribution in [-0.2, 0) is 11.3 Å². The van der Waals surface area contributed by atoms with Crippen molar-refractivity contribution in [3.05, 3.63) is 90.9 Å². The first-order valence-electron chi connectivity index (χ1n) is 9.94. The summed E-state index contributed by atoms with van der Waals surface area (Å²) in [6.07, 6.45) is 0. The molecule has 4 rings (SSSR count). The molecule has 0 radical (unpaired) electrons. The molecule has 2 aromatic heterocycles. The van der Waals surface area contributed by atoms with Gasteiger partial charge < -0.3 is 5.32 Å². The maximum atomic E-state index is 13.3. The lowest BCUT2D eigenvalue weighted by atomic mass is 10.1. The van der Waals surface area contributed by atoms with Gasteiger partial charge in [-0.15, -0.1) is 11.3 Å². The second kappa shape index (κ2) is 8.00. The van der Waals surface area contributed by atoms with Gasteiger partial charge in [0.05, 0.1) is 11.2 Å². The van der Waals surface area contributed by atoms with Gasteiger partial charge in [0.2, 0.25) is 5.91 Å². The molecule has 6 nitrogen and oxygen atoms in total. The Morgan fingerprint density at radius 1 is 0.903 bits per heavy atom. The first-order chi connectivity index (χ1) is 14.8. The predicted octanol–water partition coefficient (Wildman–Crippen LogP) is 4.09. The van der Waals surface area contributed by atoms with Crippen LogP contribution in [0.3, 0.4) is 0 Å². The van der Waals surface area contributed by atoms with Crippen LogP contribution in [0.25, 0.3) is 15.9 Å². The number of fused-ring (bicyclic) bond motifs is 1. The van der Waals surface area contributed by atoms with Crippen LogP contribution in [0.2, 0.25) is 0 Å². The van der Waals surface area contributed by atoms with E-state index in [1.165, 1.54) is 15.9 Å². The SMILES string of the molecule is Cc1ccc(NC(=O)Cn2c(=O)n(-c3ccc(C)c(C)c3)c(=O)c3sccc32)cc1C. The Morgan fingerprint density at radius 2 is 1.58 bits per heavy atom. The van der Waals surface area contributed by atoms with Gasteiger partial charge in [0.1, 0.15) is 11.2 Å². The van der Waals surface area contributed by atoms with Crippen molar-refractivity contribution in [2.45, 2.75) is 34.2 Å². The molecule has 7 heteroatoms. The van der Waals surface area contributed by atoms with E-state index in [0.29, 0.717) is 21.6 Å². The molecule has 4 aromatic rings. The van der Waals surface area contributed by atoms with Gasteiger partial charge in [0.15, 0.2) is 0 Å². The smallest absolute Gasteiger partial charge is 0.325 e. The first-order valence-corrected chi connectivity index (χ1v) is 10.8. The number of carbonyl (C=O) groups is 1. The van der Waals surface area contributed by atoms with E-state index in [1.54, 1.807) is 17.5 Å². The number of aryl methyl sites for hydroxylation is 4. The summed E-state index contributed by atoms with van der Waals surface area (Å²) in [6.45, 7) is 7.70. The third kappa shape index (κ3) is 3.84. The highest BCUT2D eigenvalue weighted by atomic mass is 32.1. The molecule has 0 aliphatic heterocycles. The van der Waals surface area contributed by atoms with Crippen LogP contribution in [0.15, 0.2) is 57.4 Å². The quantitative estimate of drug-likeness (QED) is 0.527. The number of hydrogen-bond donors (Lipinski definition) is 1. The summed E-state index contributed by atoms with van der Waals surface area (Å²) in [5.41, 5.74) is 4.99. The molecule has 31 heavy (non-hydrogen) atoms. The van der Waals surface area contributed by atoms with Crippen LogP contribution in [0.5, 0.6) is 0 Å². The number of benzene rings is 2. The molecule has 1 N–H and O–H groups in total. The number of carbonyl (C=O) groups excluding carboxylic acids is 1. The summed E-state index contributed by atoms with van der Waals surface area (Å²) in [5.74, 6) is -0.330. The van der Waals surface area contributed by atoms with E-state index in [4.69, 9.17) is 0 Å². The first kappa shape index (κ1) is 20.8. The maximum Gasteiger partial charge on any atom is 0.336 e. The summed E-state index contributed by atoms with van der Waals surface area (Å²) in [4.78, 5) is 39.2. The Labute approximate surface area is 183 Å². The van der Waals surface area contributed by atoms with E-state index in [0.717, 1.165) is 26.8 Å². The van der Waals surface area contributed by atoms with Crippen LogP contribution < -0.4 is 16.6 Å². The third-order valence-corrected chi connectivity index (χ3v) is 6.49. The van der Waals surface area contributed by atoms with E-state index >= 15 is 0 Å². The van der Waals surface area contributed by atoms with Crippen molar-refractivity contribution in [1.82, 2.24) is 9.13 Å². The predicted molar refractivity (Wildman–Crippen MR) is 126 cm³/mol. The standard InChI is InChI=1S/C24H23N3O3S/c1-14-5-7-18(11-16(14)3)25-21(28)13-26-20-9-10-31-22(20)23(29)27(24(26)30)19-8-6-15(2)17(4)12-19/h5-12H,13H2,1-4H3,(H,25,28). The molecule has 0 aliphatic rings. The van der Waals surface area contributed by atoms with Crippen LogP contribution in [0.1, 0.15) is 22.3 Å². The minimum Gasteiger partial charge on any atom is -0.325 e. The number of amides is 1. The van der Waals surface area contributed by atoms with Gasteiger partial charge in [-0.25, -0.2) is 9.36 Å². The van der Waals surface area contributed by atoms with Crippen molar-refractivity contribution in [2.24, 2.45) is 0 Å². The van der Waals surface area contributed by atoms with Gasteiger partial charge in [-0.05, 0) is 85.7 Å². The molecule has 158 valence electrons. The Bertz CT molecular complexity index is 1440. The van der Waals surface area contributed by atoms with Crippen molar-refractivity contribution >= 4 is 33.1 Å². The summed E-state index contributed by atoms with van der Waals surface area (Å²) in [6, 6.07) is 12.8. The van der Waals surface area contributed by atoms with Gasteiger partial charge in [-0.3, -0.25) is 14.2 Å². The number of nitrogens with zero attached hydrogens (tertiary/aromatic N) is 2. The fourth-order valence-electron chi connectivity index (χ4n) is 3.50. The highest BCUT2D eigenvalue weighted by molar-refractivity contribution is 7.17. The van der Waals surface area contributed by atoms with Crippen molar-refractivity contribution in [3.8, 4) is 5.69 Å². The molecule has 0 saturated carbocycles. The Kier molecular flexibility index (Phi) is 5.37. The summed E-state index contributed by atoms with van der Waals surface area (Å²) in [5, 5.41) is 4.61. The molecule has 0 saturated heterocycles. The number of anilines is 1. The largest absolute Gasteiger partial charge is 0.336 e. The minimum atomic E-state index is -0.533. The lowest BCUT2D eigenvalue weighted by Gasteiger charge is -2.14. The van der Waals surface area contributed by atoms with E-state index < -0.39 is 5.69 Å². The highest BCUT2D eigenvalue weighted by Crippen LogP contribution is 2.18. The number of rotatable bonds is 4. The van der Waals surface area contributed by atoms with E-state index in [-0.39, 0.29) is 18.0 Å². The zero-order valence-corrected chi connectivity index (χ0v) is 18.7. The summed E-state index contributed by atoms with van der Waals surface area (Å²) in [7, 11) is 0. The van der Waals surface area contributed by atoms with Crippen molar-refractivity contribution in [2.75, 3.05) is 5.32 Å². The topological polar surface area (TPSA) is 73.1 Å². The van der Waals surface area contributed by atoms with Gasteiger partial charge in [-0.1, -0.05) is 12.1 Å². The second-order valence-electron chi connectivity index (χ2n) is 7.76. The van der Waals surface area contributed by atoms with E-state index in [2.05, 4.69) is 5.32 Å². The summed E-state index contributed by atoms with van der Waals surface area (Å²) < 4.78 is 2.95. The molecule has 0 unspecified atom stereocenters. The Morgan fingerprint density at radius 3 is 2.26 bits per heavy atom. The average Bonchev–Trinajstić information content (AvgIpc) is 3.21. The molecule has 0 spiro atoms. The van der Waals surface area contributed by atoms with Gasteiger partial charge >= 0.3 is 5.69 Å². The number of aromatic nitrogens is 2.